The molecule has 2 saturated heterocycles. The number of pyridine rings is 1. The van der Waals surface area contributed by atoms with Gasteiger partial charge in [-0.25, -0.2) is 0 Å². The maximum absolute atomic E-state index is 12.6. The second-order valence-electron chi connectivity index (χ2n) is 8.01. The molecule has 1 N–H and O–H groups in total. The minimum absolute atomic E-state index is 0.00147. The molecule has 136 valence electrons. The highest BCUT2D eigenvalue weighted by Crippen LogP contribution is 2.45. The largest absolute Gasteiger partial charge is 0.391 e. The van der Waals surface area contributed by atoms with Crippen molar-refractivity contribution in [3.8, 4) is 0 Å². The number of hydrogen-bond acceptors (Lipinski definition) is 4. The Hall–Kier alpha value is -1.95. The maximum atomic E-state index is 12.6. The molecule has 2 fully saturated rings. The molecule has 3 heterocycles. The molecule has 2 aliphatic heterocycles. The summed E-state index contributed by atoms with van der Waals surface area (Å²) in [5.41, 5.74) is 0.0117. The molecule has 6 nitrogen and oxygen atoms in total. The third-order valence-corrected chi connectivity index (χ3v) is 6.05. The average Bonchev–Trinajstić information content (AvgIpc) is 2.59. The van der Waals surface area contributed by atoms with Crippen LogP contribution in [-0.2, 0) is 4.79 Å². The molecule has 0 aromatic carbocycles. The van der Waals surface area contributed by atoms with Crippen LogP contribution < -0.4 is 0 Å². The number of aliphatic hydroxyl groups excluding tert-OH is 1. The van der Waals surface area contributed by atoms with Gasteiger partial charge in [0.1, 0.15) is 0 Å². The number of piperidine rings is 2. The van der Waals surface area contributed by atoms with Crippen LogP contribution in [0.1, 0.15) is 50.4 Å². The average molecular weight is 345 g/mol. The van der Waals surface area contributed by atoms with Crippen LogP contribution in [-0.4, -0.2) is 63.0 Å². The molecule has 1 atom stereocenters. The zero-order valence-electron chi connectivity index (χ0n) is 15.2. The first-order valence-corrected chi connectivity index (χ1v) is 8.91. The molecular weight excluding hydrogens is 318 g/mol. The molecule has 2 amide bonds. The minimum Gasteiger partial charge on any atom is -0.391 e. The van der Waals surface area contributed by atoms with E-state index >= 15 is 0 Å². The van der Waals surface area contributed by atoms with Crippen molar-refractivity contribution in [3.05, 3.63) is 30.1 Å². The van der Waals surface area contributed by atoms with E-state index in [-0.39, 0.29) is 17.2 Å². The highest BCUT2D eigenvalue weighted by atomic mass is 16.3. The van der Waals surface area contributed by atoms with Crippen LogP contribution in [0.15, 0.2) is 24.5 Å². The fraction of sp³-hybridized carbons (Fsp3) is 0.632. The molecule has 0 aliphatic carbocycles. The van der Waals surface area contributed by atoms with Crippen LogP contribution >= 0.6 is 0 Å². The molecule has 1 aromatic rings. The fourth-order valence-electron chi connectivity index (χ4n) is 4.18. The quantitative estimate of drug-likeness (QED) is 0.841. The van der Waals surface area contributed by atoms with Gasteiger partial charge in [-0.05, 0) is 50.7 Å². The molecule has 0 unspecified atom stereocenters. The molecule has 1 spiro atoms. The van der Waals surface area contributed by atoms with Crippen molar-refractivity contribution in [1.29, 1.82) is 0 Å². The molecule has 0 saturated carbocycles. The third kappa shape index (κ3) is 3.27. The Labute approximate surface area is 148 Å². The first kappa shape index (κ1) is 17.9. The van der Waals surface area contributed by atoms with Crippen LogP contribution in [0, 0.1) is 5.41 Å². The van der Waals surface area contributed by atoms with Crippen LogP contribution in [0.3, 0.4) is 0 Å². The summed E-state index contributed by atoms with van der Waals surface area (Å²) < 4.78 is 0. The fourth-order valence-corrected chi connectivity index (χ4v) is 4.18. The van der Waals surface area contributed by atoms with E-state index in [0.29, 0.717) is 31.6 Å². The van der Waals surface area contributed by atoms with Crippen molar-refractivity contribution in [2.75, 3.05) is 19.6 Å². The number of likely N-dealkylation sites (tertiary alicyclic amines) is 2. The van der Waals surface area contributed by atoms with Gasteiger partial charge in [-0.3, -0.25) is 14.6 Å². The lowest BCUT2D eigenvalue weighted by Crippen LogP contribution is -2.64. The lowest BCUT2D eigenvalue weighted by molar-refractivity contribution is -0.156. The Balaban J connectivity index is 1.71. The lowest BCUT2D eigenvalue weighted by atomic mass is 9.67. The summed E-state index contributed by atoms with van der Waals surface area (Å²) in [5, 5.41) is 10.6. The predicted octanol–water partition coefficient (Wildman–Crippen LogP) is 1.70. The predicted molar refractivity (Wildman–Crippen MR) is 93.9 cm³/mol. The van der Waals surface area contributed by atoms with E-state index in [1.807, 2.05) is 23.6 Å². The number of amides is 2. The summed E-state index contributed by atoms with van der Waals surface area (Å²) >= 11 is 0. The highest BCUT2D eigenvalue weighted by Gasteiger charge is 2.50. The van der Waals surface area contributed by atoms with Crippen molar-refractivity contribution in [2.45, 2.75) is 51.7 Å². The maximum Gasteiger partial charge on any atom is 0.253 e. The normalized spacial score (nSPS) is 25.0. The van der Waals surface area contributed by atoms with Gasteiger partial charge < -0.3 is 14.9 Å². The van der Waals surface area contributed by atoms with E-state index in [9.17, 15) is 14.7 Å². The number of aromatic nitrogens is 1. The van der Waals surface area contributed by atoms with Gasteiger partial charge in [0, 0.05) is 44.5 Å². The van der Waals surface area contributed by atoms with E-state index in [4.69, 9.17) is 0 Å². The monoisotopic (exact) mass is 345 g/mol. The molecule has 2 aliphatic rings. The van der Waals surface area contributed by atoms with Gasteiger partial charge in [-0.2, -0.15) is 0 Å². The SMILES string of the molecule is CC(=O)N1CC2(CCN(C(=O)c3ccncc3)CC2)C[C@@H](O)C1(C)C. The Bertz CT molecular complexity index is 651. The van der Waals surface area contributed by atoms with Crippen LogP contribution in [0.4, 0.5) is 0 Å². The first-order chi connectivity index (χ1) is 11.8. The molecule has 0 bridgehead atoms. The Kier molecular flexibility index (Phi) is 4.58. The van der Waals surface area contributed by atoms with Gasteiger partial charge in [-0.15, -0.1) is 0 Å². The van der Waals surface area contributed by atoms with Crippen LogP contribution in [0.25, 0.3) is 0 Å². The van der Waals surface area contributed by atoms with Gasteiger partial charge in [0.05, 0.1) is 11.6 Å². The van der Waals surface area contributed by atoms with E-state index in [1.54, 1.807) is 31.5 Å². The number of rotatable bonds is 1. The van der Waals surface area contributed by atoms with Gasteiger partial charge in [0.2, 0.25) is 5.91 Å². The Morgan fingerprint density at radius 3 is 2.36 bits per heavy atom. The Morgan fingerprint density at radius 2 is 1.80 bits per heavy atom. The topological polar surface area (TPSA) is 73.7 Å². The summed E-state index contributed by atoms with van der Waals surface area (Å²) in [6.07, 6.45) is 5.00. The zero-order chi connectivity index (χ0) is 18.2. The smallest absolute Gasteiger partial charge is 0.253 e. The standard InChI is InChI=1S/C19H27N3O3/c1-14(23)22-13-19(12-16(24)18(22,2)3)6-10-21(11-7-19)17(25)15-4-8-20-9-5-15/h4-5,8-9,16,24H,6-7,10-13H2,1-3H3/t16-/m1/s1. The van der Waals surface area contributed by atoms with Crippen molar-refractivity contribution in [3.63, 3.8) is 0 Å². The first-order valence-electron chi connectivity index (χ1n) is 8.91. The van der Waals surface area contributed by atoms with Gasteiger partial charge in [-0.1, -0.05) is 0 Å². The van der Waals surface area contributed by atoms with E-state index in [2.05, 4.69) is 4.98 Å². The van der Waals surface area contributed by atoms with Crippen molar-refractivity contribution in [1.82, 2.24) is 14.8 Å². The van der Waals surface area contributed by atoms with Crippen LogP contribution in [0.5, 0.6) is 0 Å². The molecule has 6 heteroatoms. The molecule has 3 rings (SSSR count). The number of aliphatic hydroxyl groups is 1. The van der Waals surface area contributed by atoms with Gasteiger partial charge in [0.15, 0.2) is 0 Å². The summed E-state index contributed by atoms with van der Waals surface area (Å²) in [5.74, 6) is 0.0239. The zero-order valence-corrected chi connectivity index (χ0v) is 15.2. The third-order valence-electron chi connectivity index (χ3n) is 6.05. The summed E-state index contributed by atoms with van der Waals surface area (Å²) in [7, 11) is 0. The van der Waals surface area contributed by atoms with Crippen molar-refractivity contribution >= 4 is 11.8 Å². The number of carbonyl (C=O) groups excluding carboxylic acids is 2. The number of carbonyl (C=O) groups is 2. The molecule has 25 heavy (non-hydrogen) atoms. The highest BCUT2D eigenvalue weighted by molar-refractivity contribution is 5.94. The van der Waals surface area contributed by atoms with E-state index in [0.717, 1.165) is 12.8 Å². The van der Waals surface area contributed by atoms with Gasteiger partial charge >= 0.3 is 0 Å². The van der Waals surface area contributed by atoms with E-state index < -0.39 is 11.6 Å². The van der Waals surface area contributed by atoms with Gasteiger partial charge in [0.25, 0.3) is 5.91 Å². The van der Waals surface area contributed by atoms with Crippen molar-refractivity contribution < 1.29 is 14.7 Å². The summed E-state index contributed by atoms with van der Waals surface area (Å²) in [6, 6.07) is 3.47. The summed E-state index contributed by atoms with van der Waals surface area (Å²) in [6.45, 7) is 7.38. The minimum atomic E-state index is -0.549. The van der Waals surface area contributed by atoms with Crippen LogP contribution in [0.2, 0.25) is 0 Å². The second kappa shape index (κ2) is 6.41. The number of nitrogens with zero attached hydrogens (tertiary/aromatic N) is 3. The lowest BCUT2D eigenvalue weighted by Gasteiger charge is -2.55. The molecular formula is C19H27N3O3. The Morgan fingerprint density at radius 1 is 1.20 bits per heavy atom. The summed E-state index contributed by atoms with van der Waals surface area (Å²) in [4.78, 5) is 32.3. The van der Waals surface area contributed by atoms with Crippen molar-refractivity contribution in [2.24, 2.45) is 5.41 Å². The number of hydrogen-bond donors (Lipinski definition) is 1. The molecule has 0 radical (unpaired) electrons. The molecule has 1 aromatic heterocycles. The second-order valence-corrected chi connectivity index (χ2v) is 8.01. The van der Waals surface area contributed by atoms with E-state index in [1.165, 1.54) is 0 Å².